The monoisotopic (exact) mass is 486 g/mol. The number of carboxylic acid groups (broad SMARTS) is 1. The van der Waals surface area contributed by atoms with Gasteiger partial charge in [-0.3, -0.25) is 14.6 Å². The lowest BCUT2D eigenvalue weighted by Crippen LogP contribution is -2.39. The largest absolute Gasteiger partial charge is 0.505 e. The lowest BCUT2D eigenvalue weighted by Gasteiger charge is -2.17. The van der Waals surface area contributed by atoms with E-state index in [2.05, 4.69) is 15.6 Å². The molecule has 0 aliphatic carbocycles. The first-order valence-electron chi connectivity index (χ1n) is 11.1. The summed E-state index contributed by atoms with van der Waals surface area (Å²) in [5, 5.41) is 33.4. The summed E-state index contributed by atoms with van der Waals surface area (Å²) in [7, 11) is 0. The molecule has 1 aromatic carbocycles. The summed E-state index contributed by atoms with van der Waals surface area (Å²) in [6.07, 6.45) is 1.61. The third-order valence-corrected chi connectivity index (χ3v) is 5.42. The molecule has 1 atom stereocenters. The van der Waals surface area contributed by atoms with E-state index in [-0.39, 0.29) is 31.0 Å². The Bertz CT molecular complexity index is 1280. The zero-order chi connectivity index (χ0) is 25.5. The van der Waals surface area contributed by atoms with E-state index in [4.69, 9.17) is 5.11 Å². The minimum atomic E-state index is -1.15. The first kappa shape index (κ1) is 25.6. The van der Waals surface area contributed by atoms with Crippen molar-refractivity contribution >= 4 is 23.0 Å². The molecule has 2 heterocycles. The highest BCUT2D eigenvalue weighted by atomic mass is 19.1. The molecule has 186 valence electrons. The minimum absolute atomic E-state index is 0.0536. The number of fused-ring (bicyclic) bond motifs is 1. The number of aryl methyl sites for hydroxylation is 1. The molecule has 2 aromatic heterocycles. The Morgan fingerprint density at radius 2 is 1.89 bits per heavy atom. The van der Waals surface area contributed by atoms with Crippen LogP contribution >= 0.6 is 0 Å². The first-order chi connectivity index (χ1) is 16.7. The van der Waals surface area contributed by atoms with Gasteiger partial charge in [-0.15, -0.1) is 0 Å². The van der Waals surface area contributed by atoms with E-state index in [0.29, 0.717) is 30.3 Å². The Labute approximate surface area is 200 Å². The second-order valence-corrected chi connectivity index (χ2v) is 8.19. The average molecular weight is 487 g/mol. The van der Waals surface area contributed by atoms with E-state index in [1.54, 1.807) is 25.1 Å². The van der Waals surface area contributed by atoms with Crippen LogP contribution in [0.25, 0.3) is 11.0 Å². The summed E-state index contributed by atoms with van der Waals surface area (Å²) < 4.78 is 14.6. The number of carbonyl (C=O) groups excluding carboxylic acids is 1. The average Bonchev–Trinajstić information content (AvgIpc) is 2.82. The molecule has 10 nitrogen and oxygen atoms in total. The minimum Gasteiger partial charge on any atom is -0.505 e. The van der Waals surface area contributed by atoms with Crippen molar-refractivity contribution in [3.63, 3.8) is 0 Å². The molecule has 0 aliphatic heterocycles. The molecule has 0 spiro atoms. The van der Waals surface area contributed by atoms with Gasteiger partial charge < -0.3 is 30.5 Å². The highest BCUT2D eigenvalue weighted by Crippen LogP contribution is 2.26. The SMILES string of the molecule is CC(CO)NC(=O)c1c(O)c2ncc(Cc3ccc(F)cc3)cc2n(CCCCNC(=O)O)c1=O. The van der Waals surface area contributed by atoms with Gasteiger partial charge in [0.25, 0.3) is 11.5 Å². The summed E-state index contributed by atoms with van der Waals surface area (Å²) in [6, 6.07) is 6.99. The summed E-state index contributed by atoms with van der Waals surface area (Å²) in [4.78, 5) is 41.0. The lowest BCUT2D eigenvalue weighted by atomic mass is 10.0. The maximum absolute atomic E-state index is 13.3. The normalized spacial score (nSPS) is 11.9. The highest BCUT2D eigenvalue weighted by molar-refractivity contribution is 6.01. The number of carbonyl (C=O) groups is 2. The number of amides is 2. The summed E-state index contributed by atoms with van der Waals surface area (Å²) in [6.45, 7) is 1.53. The maximum atomic E-state index is 13.3. The van der Waals surface area contributed by atoms with E-state index in [1.165, 1.54) is 22.9 Å². The van der Waals surface area contributed by atoms with Gasteiger partial charge in [0.1, 0.15) is 16.9 Å². The summed E-state index contributed by atoms with van der Waals surface area (Å²) in [5.41, 5.74) is 0.669. The molecule has 0 bridgehead atoms. The fourth-order valence-corrected chi connectivity index (χ4v) is 3.64. The lowest BCUT2D eigenvalue weighted by molar-refractivity contribution is 0.0917. The Morgan fingerprint density at radius 1 is 1.17 bits per heavy atom. The standard InChI is InChI=1S/C24H27FN4O6/c1-14(13-30)28-22(32)19-21(31)20-18(29(23(19)33)9-3-2-8-26-24(34)35)11-16(12-27-20)10-15-4-6-17(25)7-5-15/h4-7,11-12,14,26,30-31H,2-3,8-10,13H2,1H3,(H,28,32)(H,34,35). The van der Waals surface area contributed by atoms with Gasteiger partial charge in [0, 0.05) is 25.3 Å². The topological polar surface area (TPSA) is 154 Å². The quantitative estimate of drug-likeness (QED) is 0.275. The number of rotatable bonds is 10. The number of nitrogens with one attached hydrogen (secondary N) is 2. The zero-order valence-corrected chi connectivity index (χ0v) is 19.1. The van der Waals surface area contributed by atoms with E-state index in [1.807, 2.05) is 0 Å². The molecular weight excluding hydrogens is 459 g/mol. The van der Waals surface area contributed by atoms with Crippen LogP contribution in [0, 0.1) is 5.82 Å². The Balaban J connectivity index is 2.03. The van der Waals surface area contributed by atoms with Crippen molar-refractivity contribution in [2.24, 2.45) is 0 Å². The van der Waals surface area contributed by atoms with Crippen molar-refractivity contribution in [3.05, 3.63) is 69.4 Å². The summed E-state index contributed by atoms with van der Waals surface area (Å²) in [5.74, 6) is -1.76. The fraction of sp³-hybridized carbons (Fsp3) is 0.333. The second-order valence-electron chi connectivity index (χ2n) is 8.19. The van der Waals surface area contributed by atoms with E-state index >= 15 is 0 Å². The number of unbranched alkanes of at least 4 members (excludes halogenated alkanes) is 1. The van der Waals surface area contributed by atoms with Gasteiger partial charge in [0.05, 0.1) is 12.1 Å². The maximum Gasteiger partial charge on any atom is 0.404 e. The first-order valence-corrected chi connectivity index (χ1v) is 11.1. The van der Waals surface area contributed by atoms with Gasteiger partial charge >= 0.3 is 6.09 Å². The molecule has 0 saturated heterocycles. The number of benzene rings is 1. The third kappa shape index (κ3) is 6.33. The summed E-state index contributed by atoms with van der Waals surface area (Å²) >= 11 is 0. The third-order valence-electron chi connectivity index (χ3n) is 5.42. The van der Waals surface area contributed by atoms with Crippen LogP contribution in [0.15, 0.2) is 41.3 Å². The van der Waals surface area contributed by atoms with E-state index in [0.717, 1.165) is 5.56 Å². The molecule has 35 heavy (non-hydrogen) atoms. The molecule has 0 radical (unpaired) electrons. The molecule has 3 rings (SSSR count). The zero-order valence-electron chi connectivity index (χ0n) is 19.1. The molecule has 11 heteroatoms. The number of hydrogen-bond donors (Lipinski definition) is 5. The van der Waals surface area contributed by atoms with Gasteiger partial charge in [-0.2, -0.15) is 0 Å². The number of aliphatic hydroxyl groups excluding tert-OH is 1. The Morgan fingerprint density at radius 3 is 2.54 bits per heavy atom. The van der Waals surface area contributed by atoms with Crippen LogP contribution in [0.4, 0.5) is 9.18 Å². The van der Waals surface area contributed by atoms with Crippen LogP contribution in [0.3, 0.4) is 0 Å². The molecule has 5 N–H and O–H groups in total. The molecule has 0 aliphatic rings. The van der Waals surface area contributed by atoms with E-state index < -0.39 is 34.9 Å². The van der Waals surface area contributed by atoms with Crippen molar-refractivity contribution in [1.29, 1.82) is 0 Å². The molecule has 1 unspecified atom stereocenters. The van der Waals surface area contributed by atoms with Crippen molar-refractivity contribution in [1.82, 2.24) is 20.2 Å². The van der Waals surface area contributed by atoms with Crippen LogP contribution < -0.4 is 16.2 Å². The smallest absolute Gasteiger partial charge is 0.404 e. The van der Waals surface area contributed by atoms with Gasteiger partial charge in [0.2, 0.25) is 0 Å². The number of aromatic nitrogens is 2. The highest BCUT2D eigenvalue weighted by Gasteiger charge is 2.24. The number of hydrogen-bond acceptors (Lipinski definition) is 6. The van der Waals surface area contributed by atoms with Gasteiger partial charge in [0.15, 0.2) is 5.75 Å². The Hall–Kier alpha value is -3.99. The number of halogens is 1. The van der Waals surface area contributed by atoms with Gasteiger partial charge in [-0.25, -0.2) is 9.18 Å². The molecule has 0 fully saturated rings. The van der Waals surface area contributed by atoms with Crippen LogP contribution in [0.5, 0.6) is 5.75 Å². The van der Waals surface area contributed by atoms with Crippen molar-refractivity contribution in [2.45, 2.75) is 38.8 Å². The van der Waals surface area contributed by atoms with Crippen molar-refractivity contribution in [3.8, 4) is 5.75 Å². The van der Waals surface area contributed by atoms with Crippen molar-refractivity contribution < 1.29 is 29.3 Å². The predicted octanol–water partition coefficient (Wildman–Crippen LogP) is 1.99. The van der Waals surface area contributed by atoms with E-state index in [9.17, 15) is 29.0 Å². The Kier molecular flexibility index (Phi) is 8.37. The molecule has 3 aromatic rings. The number of aromatic hydroxyl groups is 1. The van der Waals surface area contributed by atoms with Crippen LogP contribution in [0.1, 0.15) is 41.3 Å². The fourth-order valence-electron chi connectivity index (χ4n) is 3.64. The second kappa shape index (κ2) is 11.4. The molecular formula is C24H27FN4O6. The van der Waals surface area contributed by atoms with Crippen molar-refractivity contribution in [2.75, 3.05) is 13.2 Å². The van der Waals surface area contributed by atoms with Crippen LogP contribution in [-0.2, 0) is 13.0 Å². The predicted molar refractivity (Wildman–Crippen MR) is 126 cm³/mol. The van der Waals surface area contributed by atoms with Crippen LogP contribution in [0.2, 0.25) is 0 Å². The van der Waals surface area contributed by atoms with Gasteiger partial charge in [-0.1, -0.05) is 12.1 Å². The number of aliphatic hydroxyl groups is 1. The van der Waals surface area contributed by atoms with Crippen LogP contribution in [-0.4, -0.2) is 56.1 Å². The molecule has 0 saturated carbocycles. The number of nitrogens with zero attached hydrogens (tertiary/aromatic N) is 2. The molecule has 2 amide bonds. The van der Waals surface area contributed by atoms with Gasteiger partial charge in [-0.05, 0) is 55.5 Å². The number of pyridine rings is 2.